The Morgan fingerprint density at radius 2 is 1.92 bits per heavy atom. The van der Waals surface area contributed by atoms with E-state index in [-0.39, 0.29) is 29.4 Å². The minimum absolute atomic E-state index is 0.143. The number of hydrogen-bond acceptors (Lipinski definition) is 7. The Morgan fingerprint density at radius 3 is 2.64 bits per heavy atom. The van der Waals surface area contributed by atoms with Crippen LogP contribution in [0, 0.1) is 0 Å². The molecule has 1 aliphatic heterocycles. The monoisotopic (exact) mass is 493 g/mol. The number of nitrogens with zero attached hydrogens (tertiary/aromatic N) is 4. The number of hydrogen-bond donors (Lipinski definition) is 1. The van der Waals surface area contributed by atoms with Crippen molar-refractivity contribution in [1.29, 1.82) is 0 Å². The van der Waals surface area contributed by atoms with Crippen LogP contribution in [0.3, 0.4) is 0 Å². The molecule has 0 aliphatic carbocycles. The second-order valence-corrected chi connectivity index (χ2v) is 10.2. The normalized spacial score (nSPS) is 14.6. The average molecular weight is 494 g/mol. The number of likely N-dealkylation sites (tertiary alicyclic amines) is 1. The fourth-order valence-corrected chi connectivity index (χ4v) is 4.44. The standard InChI is InChI=1S/C27H35N5O4/c1-27(2,3)29-23(33)18-32-22(19-9-8-10-20(17-19)35-4)12-11-21(26(32)34)25-28-24(36-30-25)13-16-31-14-6-5-7-15-31/h8-12,17H,5-7,13-16,18H2,1-4H3,(H,29,33). The van der Waals surface area contributed by atoms with Gasteiger partial charge in [-0.15, -0.1) is 0 Å². The SMILES string of the molecule is COc1cccc(-c2ccc(-c3noc(CCN4CCCCC4)n3)c(=O)n2CC(=O)NC(C)(C)C)c1. The fourth-order valence-electron chi connectivity index (χ4n) is 4.44. The first-order valence-electron chi connectivity index (χ1n) is 12.5. The van der Waals surface area contributed by atoms with Crippen LogP contribution in [0.2, 0.25) is 0 Å². The summed E-state index contributed by atoms with van der Waals surface area (Å²) in [6, 6.07) is 10.9. The Morgan fingerprint density at radius 1 is 1.14 bits per heavy atom. The first-order valence-corrected chi connectivity index (χ1v) is 12.5. The van der Waals surface area contributed by atoms with Gasteiger partial charge in [0.25, 0.3) is 5.56 Å². The van der Waals surface area contributed by atoms with Gasteiger partial charge in [-0.2, -0.15) is 4.98 Å². The van der Waals surface area contributed by atoms with Crippen LogP contribution in [0.25, 0.3) is 22.6 Å². The molecule has 9 nitrogen and oxygen atoms in total. The van der Waals surface area contributed by atoms with E-state index < -0.39 is 5.54 Å². The first-order chi connectivity index (χ1) is 17.2. The summed E-state index contributed by atoms with van der Waals surface area (Å²) < 4.78 is 12.3. The average Bonchev–Trinajstić information content (AvgIpc) is 3.32. The molecule has 0 bridgehead atoms. The number of carbonyl (C=O) groups excluding carboxylic acids is 1. The van der Waals surface area contributed by atoms with E-state index in [1.165, 1.54) is 23.8 Å². The lowest BCUT2D eigenvalue weighted by Gasteiger charge is -2.25. The molecule has 9 heteroatoms. The topological polar surface area (TPSA) is 102 Å². The van der Waals surface area contributed by atoms with Crippen LogP contribution in [0.5, 0.6) is 5.75 Å². The van der Waals surface area contributed by atoms with Crippen molar-refractivity contribution in [3.63, 3.8) is 0 Å². The summed E-state index contributed by atoms with van der Waals surface area (Å²) >= 11 is 0. The third kappa shape index (κ3) is 6.40. The fraction of sp³-hybridized carbons (Fsp3) is 0.481. The molecule has 0 radical (unpaired) electrons. The van der Waals surface area contributed by atoms with Gasteiger partial charge >= 0.3 is 0 Å². The van der Waals surface area contributed by atoms with Gasteiger partial charge in [0.2, 0.25) is 17.6 Å². The molecule has 1 fully saturated rings. The molecule has 3 aromatic rings. The summed E-state index contributed by atoms with van der Waals surface area (Å²) in [5.74, 6) is 1.13. The van der Waals surface area contributed by atoms with Crippen molar-refractivity contribution in [3.8, 4) is 28.4 Å². The van der Waals surface area contributed by atoms with Crippen molar-refractivity contribution < 1.29 is 14.1 Å². The Bertz CT molecular complexity index is 1250. The van der Waals surface area contributed by atoms with Gasteiger partial charge in [-0.1, -0.05) is 23.7 Å². The number of aromatic nitrogens is 3. The largest absolute Gasteiger partial charge is 0.497 e. The third-order valence-corrected chi connectivity index (χ3v) is 6.16. The highest BCUT2D eigenvalue weighted by Gasteiger charge is 2.21. The predicted octanol–water partition coefficient (Wildman–Crippen LogP) is 3.52. The molecule has 1 N–H and O–H groups in total. The minimum atomic E-state index is -0.425. The molecule has 4 rings (SSSR count). The maximum atomic E-state index is 13.7. The van der Waals surface area contributed by atoms with E-state index in [0.717, 1.165) is 25.2 Å². The van der Waals surface area contributed by atoms with Crippen molar-refractivity contribution in [3.05, 3.63) is 52.6 Å². The molecule has 3 heterocycles. The quantitative estimate of drug-likeness (QED) is 0.512. The molecule has 0 spiro atoms. The Labute approximate surface area is 211 Å². The molecular formula is C27H35N5O4. The van der Waals surface area contributed by atoms with Gasteiger partial charge in [0.1, 0.15) is 12.3 Å². The number of rotatable bonds is 8. The summed E-state index contributed by atoms with van der Waals surface area (Å²) in [7, 11) is 1.59. The van der Waals surface area contributed by atoms with Crippen molar-refractivity contribution in [1.82, 2.24) is 24.9 Å². The summed E-state index contributed by atoms with van der Waals surface area (Å²) in [4.78, 5) is 33.4. The number of methoxy groups -OCH3 is 1. The molecule has 1 aliphatic rings. The van der Waals surface area contributed by atoms with Gasteiger partial charge in [-0.05, 0) is 71.0 Å². The lowest BCUT2D eigenvalue weighted by molar-refractivity contribution is -0.123. The van der Waals surface area contributed by atoms with E-state index in [0.29, 0.717) is 23.8 Å². The van der Waals surface area contributed by atoms with Crippen molar-refractivity contribution >= 4 is 5.91 Å². The molecule has 0 atom stereocenters. The molecule has 0 unspecified atom stereocenters. The van der Waals surface area contributed by atoms with Crippen LogP contribution >= 0.6 is 0 Å². The number of pyridine rings is 1. The van der Waals surface area contributed by atoms with Gasteiger partial charge < -0.3 is 19.5 Å². The molecule has 1 aromatic carbocycles. The molecule has 1 saturated heterocycles. The van der Waals surface area contributed by atoms with Crippen LogP contribution in [0.1, 0.15) is 45.9 Å². The highest BCUT2D eigenvalue weighted by Crippen LogP contribution is 2.25. The van der Waals surface area contributed by atoms with Crippen molar-refractivity contribution in [2.24, 2.45) is 0 Å². The lowest BCUT2D eigenvalue weighted by Crippen LogP contribution is -2.43. The summed E-state index contributed by atoms with van der Waals surface area (Å²) in [5, 5.41) is 7.01. The van der Waals surface area contributed by atoms with Gasteiger partial charge in [-0.25, -0.2) is 0 Å². The summed E-state index contributed by atoms with van der Waals surface area (Å²) in [6.45, 7) is 8.60. The molecule has 0 saturated carbocycles. The number of nitrogens with one attached hydrogen (secondary N) is 1. The lowest BCUT2D eigenvalue weighted by atomic mass is 10.1. The number of ether oxygens (including phenoxy) is 1. The van der Waals surface area contributed by atoms with Crippen LogP contribution in [0.15, 0.2) is 45.7 Å². The number of carbonyl (C=O) groups is 1. The summed E-state index contributed by atoms with van der Waals surface area (Å²) in [5.41, 5.74) is 0.865. The van der Waals surface area contributed by atoms with Gasteiger partial charge in [0.05, 0.1) is 18.4 Å². The van der Waals surface area contributed by atoms with E-state index in [1.807, 2.05) is 45.0 Å². The number of amides is 1. The van der Waals surface area contributed by atoms with Gasteiger partial charge in [0.15, 0.2) is 0 Å². The molecule has 36 heavy (non-hydrogen) atoms. The zero-order valence-corrected chi connectivity index (χ0v) is 21.5. The van der Waals surface area contributed by atoms with E-state index in [9.17, 15) is 9.59 Å². The Balaban J connectivity index is 1.65. The Hall–Kier alpha value is -3.46. The third-order valence-electron chi connectivity index (χ3n) is 6.16. The van der Waals surface area contributed by atoms with Crippen LogP contribution < -0.4 is 15.6 Å². The Kier molecular flexibility index (Phi) is 7.88. The summed E-state index contributed by atoms with van der Waals surface area (Å²) in [6.07, 6.45) is 4.36. The highest BCUT2D eigenvalue weighted by atomic mass is 16.5. The molecule has 2 aromatic heterocycles. The maximum Gasteiger partial charge on any atom is 0.262 e. The second kappa shape index (κ2) is 11.1. The number of benzene rings is 1. The van der Waals surface area contributed by atoms with E-state index in [4.69, 9.17) is 9.26 Å². The molecular weight excluding hydrogens is 458 g/mol. The van der Waals surface area contributed by atoms with Gasteiger partial charge in [0, 0.05) is 24.1 Å². The van der Waals surface area contributed by atoms with Crippen LogP contribution in [-0.4, -0.2) is 57.8 Å². The minimum Gasteiger partial charge on any atom is -0.497 e. The maximum absolute atomic E-state index is 13.7. The number of piperidine rings is 1. The predicted molar refractivity (Wildman–Crippen MR) is 138 cm³/mol. The second-order valence-electron chi connectivity index (χ2n) is 10.2. The molecule has 192 valence electrons. The van der Waals surface area contributed by atoms with E-state index in [1.54, 1.807) is 19.2 Å². The molecule has 1 amide bonds. The van der Waals surface area contributed by atoms with E-state index in [2.05, 4.69) is 20.4 Å². The van der Waals surface area contributed by atoms with E-state index >= 15 is 0 Å². The highest BCUT2D eigenvalue weighted by molar-refractivity contribution is 5.78. The smallest absolute Gasteiger partial charge is 0.262 e. The van der Waals surface area contributed by atoms with Crippen molar-refractivity contribution in [2.75, 3.05) is 26.7 Å². The van der Waals surface area contributed by atoms with Gasteiger partial charge in [-0.3, -0.25) is 14.2 Å². The zero-order chi connectivity index (χ0) is 25.7. The van der Waals surface area contributed by atoms with Crippen LogP contribution in [0.4, 0.5) is 0 Å². The zero-order valence-electron chi connectivity index (χ0n) is 21.5. The van der Waals surface area contributed by atoms with Crippen molar-refractivity contribution in [2.45, 2.75) is 58.5 Å². The first kappa shape index (κ1) is 25.6. The van der Waals surface area contributed by atoms with Crippen LogP contribution in [-0.2, 0) is 17.8 Å².